The molecule has 0 spiro atoms. The van der Waals surface area contributed by atoms with Gasteiger partial charge in [-0.1, -0.05) is 0 Å². The van der Waals surface area contributed by atoms with Crippen molar-refractivity contribution < 1.29 is 19.0 Å². The molecule has 2 aromatic carbocycles. The normalized spacial score (nSPS) is 13.5. The topological polar surface area (TPSA) is 60.0 Å². The molecule has 0 fully saturated rings. The molecule has 28 heavy (non-hydrogen) atoms. The Kier molecular flexibility index (Phi) is 6.76. The smallest absolute Gasteiger partial charge is 0.225 e. The lowest BCUT2D eigenvalue weighted by atomic mass is 9.98. The lowest BCUT2D eigenvalue weighted by molar-refractivity contribution is -0.116. The number of ether oxygens (including phenoxy) is 3. The molecule has 0 bridgehead atoms. The number of benzene rings is 2. The van der Waals surface area contributed by atoms with Gasteiger partial charge >= 0.3 is 0 Å². The molecule has 1 aliphatic rings. The average Bonchev–Trinajstić information content (AvgIpc) is 2.72. The maximum Gasteiger partial charge on any atom is 0.225 e. The molecule has 1 aliphatic heterocycles. The van der Waals surface area contributed by atoms with Crippen LogP contribution in [0.4, 0.5) is 5.69 Å². The van der Waals surface area contributed by atoms with Crippen LogP contribution >= 0.6 is 0 Å². The van der Waals surface area contributed by atoms with Gasteiger partial charge in [-0.25, -0.2) is 0 Å². The van der Waals surface area contributed by atoms with E-state index in [1.165, 1.54) is 11.1 Å². The summed E-state index contributed by atoms with van der Waals surface area (Å²) < 4.78 is 16.2. The van der Waals surface area contributed by atoms with E-state index >= 15 is 0 Å². The van der Waals surface area contributed by atoms with Gasteiger partial charge in [-0.3, -0.25) is 9.69 Å². The van der Waals surface area contributed by atoms with Crippen LogP contribution in [0.25, 0.3) is 0 Å². The number of fused-ring (bicyclic) bond motifs is 1. The number of methoxy groups -OCH3 is 2. The molecule has 6 nitrogen and oxygen atoms in total. The third-order valence-corrected chi connectivity index (χ3v) is 4.90. The number of nitrogens with one attached hydrogen (secondary N) is 1. The molecule has 0 unspecified atom stereocenters. The van der Waals surface area contributed by atoms with E-state index in [-0.39, 0.29) is 5.91 Å². The Labute approximate surface area is 166 Å². The lowest BCUT2D eigenvalue weighted by Crippen LogP contribution is -2.33. The fourth-order valence-electron chi connectivity index (χ4n) is 3.42. The number of carbonyl (C=O) groups excluding carboxylic acids is 1. The van der Waals surface area contributed by atoms with Crippen LogP contribution in [0.5, 0.6) is 17.2 Å². The zero-order valence-corrected chi connectivity index (χ0v) is 16.8. The highest BCUT2D eigenvalue weighted by Crippen LogP contribution is 2.33. The summed E-state index contributed by atoms with van der Waals surface area (Å²) in [4.78, 5) is 14.6. The van der Waals surface area contributed by atoms with Crippen molar-refractivity contribution in [3.8, 4) is 17.2 Å². The first kappa shape index (κ1) is 20.0. The first-order chi connectivity index (χ1) is 13.6. The van der Waals surface area contributed by atoms with Gasteiger partial charge in [0, 0.05) is 31.7 Å². The quantitative estimate of drug-likeness (QED) is 0.755. The van der Waals surface area contributed by atoms with Gasteiger partial charge in [0.1, 0.15) is 5.75 Å². The third-order valence-electron chi connectivity index (χ3n) is 4.90. The van der Waals surface area contributed by atoms with Gasteiger partial charge in [0.2, 0.25) is 5.91 Å². The van der Waals surface area contributed by atoms with Gasteiger partial charge in [0.05, 0.1) is 20.8 Å². The van der Waals surface area contributed by atoms with Crippen LogP contribution in [-0.4, -0.2) is 44.7 Å². The minimum absolute atomic E-state index is 0.0160. The largest absolute Gasteiger partial charge is 0.494 e. The number of nitrogens with zero attached hydrogens (tertiary/aromatic N) is 1. The van der Waals surface area contributed by atoms with E-state index in [2.05, 4.69) is 16.3 Å². The summed E-state index contributed by atoms with van der Waals surface area (Å²) in [5.74, 6) is 2.34. The van der Waals surface area contributed by atoms with Crippen LogP contribution in [0, 0.1) is 0 Å². The summed E-state index contributed by atoms with van der Waals surface area (Å²) in [6.07, 6.45) is 1.39. The second kappa shape index (κ2) is 9.46. The van der Waals surface area contributed by atoms with E-state index in [0.717, 1.165) is 49.0 Å². The Hall–Kier alpha value is -2.73. The van der Waals surface area contributed by atoms with Crippen LogP contribution in [-0.2, 0) is 17.8 Å². The van der Waals surface area contributed by atoms with Crippen LogP contribution in [0.3, 0.4) is 0 Å². The standard InChI is InChI=1S/C22H28N2O4/c1-4-28-19-7-5-18(6-8-19)23-22(25)10-12-24-11-9-16-13-20(26-2)21(27-3)14-17(16)15-24/h5-8,13-14H,4,9-12,15H2,1-3H3,(H,23,25). The van der Waals surface area contributed by atoms with Crippen molar-refractivity contribution in [3.05, 3.63) is 47.5 Å². The van der Waals surface area contributed by atoms with Crippen molar-refractivity contribution in [1.29, 1.82) is 0 Å². The summed E-state index contributed by atoms with van der Waals surface area (Å²) in [7, 11) is 3.30. The molecule has 0 aromatic heterocycles. The van der Waals surface area contributed by atoms with Crippen molar-refractivity contribution >= 4 is 11.6 Å². The number of carbonyl (C=O) groups is 1. The second-order valence-electron chi connectivity index (χ2n) is 6.76. The van der Waals surface area contributed by atoms with Crippen LogP contribution in [0.15, 0.2) is 36.4 Å². The Morgan fingerprint density at radius 1 is 1.07 bits per heavy atom. The Bertz CT molecular complexity index is 805. The number of hydrogen-bond donors (Lipinski definition) is 1. The lowest BCUT2D eigenvalue weighted by Gasteiger charge is -2.29. The van der Waals surface area contributed by atoms with Crippen LogP contribution in [0.2, 0.25) is 0 Å². The molecule has 0 aliphatic carbocycles. The highest BCUT2D eigenvalue weighted by Gasteiger charge is 2.20. The van der Waals surface area contributed by atoms with E-state index in [0.29, 0.717) is 13.0 Å². The Morgan fingerprint density at radius 3 is 2.39 bits per heavy atom. The fourth-order valence-corrected chi connectivity index (χ4v) is 3.42. The van der Waals surface area contributed by atoms with Crippen LogP contribution < -0.4 is 19.5 Å². The number of amides is 1. The summed E-state index contributed by atoms with van der Waals surface area (Å²) in [5.41, 5.74) is 3.30. The zero-order chi connectivity index (χ0) is 19.9. The minimum atomic E-state index is 0.0160. The van der Waals surface area contributed by atoms with Crippen molar-refractivity contribution in [3.63, 3.8) is 0 Å². The van der Waals surface area contributed by atoms with Crippen LogP contribution in [0.1, 0.15) is 24.5 Å². The highest BCUT2D eigenvalue weighted by atomic mass is 16.5. The molecule has 150 valence electrons. The van der Waals surface area contributed by atoms with E-state index in [1.807, 2.05) is 37.3 Å². The van der Waals surface area contributed by atoms with E-state index < -0.39 is 0 Å². The summed E-state index contributed by atoms with van der Waals surface area (Å²) >= 11 is 0. The SMILES string of the molecule is CCOc1ccc(NC(=O)CCN2CCc3cc(OC)c(OC)cc3C2)cc1. The van der Waals surface area contributed by atoms with Crippen molar-refractivity contribution in [2.75, 3.05) is 39.2 Å². The van der Waals surface area contributed by atoms with Gasteiger partial charge in [-0.15, -0.1) is 0 Å². The molecule has 0 atom stereocenters. The maximum absolute atomic E-state index is 12.3. The van der Waals surface area contributed by atoms with Gasteiger partial charge in [0.15, 0.2) is 11.5 Å². The number of rotatable bonds is 8. The molecular formula is C22H28N2O4. The molecule has 6 heteroatoms. The first-order valence-electron chi connectivity index (χ1n) is 9.61. The zero-order valence-electron chi connectivity index (χ0n) is 16.8. The van der Waals surface area contributed by atoms with Crippen molar-refractivity contribution in [2.45, 2.75) is 26.3 Å². The summed E-state index contributed by atoms with van der Waals surface area (Å²) in [6.45, 7) is 5.03. The van der Waals surface area contributed by atoms with E-state index in [1.54, 1.807) is 14.2 Å². The first-order valence-corrected chi connectivity index (χ1v) is 9.61. The Morgan fingerprint density at radius 2 is 1.75 bits per heavy atom. The van der Waals surface area contributed by atoms with Gasteiger partial charge < -0.3 is 19.5 Å². The molecule has 0 saturated carbocycles. The van der Waals surface area contributed by atoms with Gasteiger partial charge in [-0.2, -0.15) is 0 Å². The fraction of sp³-hybridized carbons (Fsp3) is 0.409. The molecule has 1 heterocycles. The molecule has 2 aromatic rings. The monoisotopic (exact) mass is 384 g/mol. The van der Waals surface area contributed by atoms with Crippen molar-refractivity contribution in [2.24, 2.45) is 0 Å². The predicted octanol–water partition coefficient (Wildman–Crippen LogP) is 3.49. The third kappa shape index (κ3) is 4.95. The number of anilines is 1. The summed E-state index contributed by atoms with van der Waals surface area (Å²) in [5, 5.41) is 2.95. The second-order valence-corrected chi connectivity index (χ2v) is 6.76. The van der Waals surface area contributed by atoms with Gasteiger partial charge in [-0.05, 0) is 60.9 Å². The van der Waals surface area contributed by atoms with Crippen molar-refractivity contribution in [1.82, 2.24) is 4.90 Å². The summed E-state index contributed by atoms with van der Waals surface area (Å²) in [6, 6.07) is 11.6. The van der Waals surface area contributed by atoms with E-state index in [4.69, 9.17) is 14.2 Å². The molecule has 0 saturated heterocycles. The molecular weight excluding hydrogens is 356 g/mol. The maximum atomic E-state index is 12.3. The highest BCUT2D eigenvalue weighted by molar-refractivity contribution is 5.90. The Balaban J connectivity index is 1.52. The number of hydrogen-bond acceptors (Lipinski definition) is 5. The van der Waals surface area contributed by atoms with Gasteiger partial charge in [0.25, 0.3) is 0 Å². The van der Waals surface area contributed by atoms with E-state index in [9.17, 15) is 4.79 Å². The molecule has 0 radical (unpaired) electrons. The molecule has 3 rings (SSSR count). The molecule has 1 N–H and O–H groups in total. The minimum Gasteiger partial charge on any atom is -0.494 e. The average molecular weight is 384 g/mol. The molecule has 1 amide bonds. The predicted molar refractivity (Wildman–Crippen MR) is 109 cm³/mol.